The number of rotatable bonds is 6. The summed E-state index contributed by atoms with van der Waals surface area (Å²) in [4.78, 5) is 1.27. The molecule has 0 bridgehead atoms. The molecule has 1 aromatic rings. The van der Waals surface area contributed by atoms with Crippen molar-refractivity contribution in [3.05, 3.63) is 41.8 Å². The Balaban J connectivity index is 2.14. The van der Waals surface area contributed by atoms with Gasteiger partial charge in [-0.3, -0.25) is 0 Å². The van der Waals surface area contributed by atoms with Crippen molar-refractivity contribution in [3.63, 3.8) is 0 Å². The Morgan fingerprint density at radius 3 is 2.64 bits per heavy atom. The Morgan fingerprint density at radius 2 is 1.93 bits per heavy atom. The predicted octanol–water partition coefficient (Wildman–Crippen LogP) is 3.46. The van der Waals surface area contributed by atoms with Crippen molar-refractivity contribution in [3.8, 4) is 0 Å². The van der Waals surface area contributed by atoms with E-state index in [0.717, 1.165) is 19.3 Å². The third kappa shape index (κ3) is 5.10. The standard InChI is InChI=1S/C12H16OS/c13-10-6-1-2-7-11-14-12-8-4-3-5-9-12/h3-5,7-9,11,13H,1-2,6,10H2/b11-7-. The van der Waals surface area contributed by atoms with Gasteiger partial charge in [-0.15, -0.1) is 0 Å². The number of thioether (sulfide) groups is 1. The molecule has 1 N–H and O–H groups in total. The fraction of sp³-hybridized carbons (Fsp3) is 0.333. The van der Waals surface area contributed by atoms with Crippen LogP contribution in [0.25, 0.3) is 0 Å². The van der Waals surface area contributed by atoms with Gasteiger partial charge < -0.3 is 5.11 Å². The molecular formula is C12H16OS. The second kappa shape index (κ2) is 7.65. The molecule has 0 aromatic heterocycles. The number of aliphatic hydroxyl groups is 1. The molecule has 0 fully saturated rings. The molecule has 0 aliphatic rings. The lowest BCUT2D eigenvalue weighted by Crippen LogP contribution is -1.79. The van der Waals surface area contributed by atoms with E-state index in [1.807, 2.05) is 18.2 Å². The fourth-order valence-electron chi connectivity index (χ4n) is 1.07. The van der Waals surface area contributed by atoms with Crippen molar-refractivity contribution < 1.29 is 5.11 Å². The van der Waals surface area contributed by atoms with Gasteiger partial charge in [-0.05, 0) is 36.8 Å². The first kappa shape index (κ1) is 11.3. The van der Waals surface area contributed by atoms with E-state index >= 15 is 0 Å². The molecule has 14 heavy (non-hydrogen) atoms. The Bertz CT molecular complexity index is 256. The molecule has 0 aliphatic heterocycles. The Labute approximate surface area is 89.8 Å². The van der Waals surface area contributed by atoms with Gasteiger partial charge in [-0.1, -0.05) is 36.0 Å². The van der Waals surface area contributed by atoms with Crippen molar-refractivity contribution >= 4 is 11.8 Å². The van der Waals surface area contributed by atoms with Gasteiger partial charge >= 0.3 is 0 Å². The van der Waals surface area contributed by atoms with Crippen LogP contribution in [0.5, 0.6) is 0 Å². The van der Waals surface area contributed by atoms with Gasteiger partial charge in [0, 0.05) is 11.5 Å². The number of allylic oxidation sites excluding steroid dienone is 1. The molecule has 76 valence electrons. The van der Waals surface area contributed by atoms with Gasteiger partial charge in [-0.25, -0.2) is 0 Å². The average Bonchev–Trinajstić information content (AvgIpc) is 2.25. The van der Waals surface area contributed by atoms with Crippen LogP contribution in [0.2, 0.25) is 0 Å². The van der Waals surface area contributed by atoms with Gasteiger partial charge in [0.05, 0.1) is 0 Å². The summed E-state index contributed by atoms with van der Waals surface area (Å²) in [5, 5.41) is 10.7. The highest BCUT2D eigenvalue weighted by atomic mass is 32.2. The van der Waals surface area contributed by atoms with Crippen LogP contribution in [-0.4, -0.2) is 11.7 Å². The summed E-state index contributed by atoms with van der Waals surface area (Å²) in [5.74, 6) is 0. The average molecular weight is 208 g/mol. The fourth-order valence-corrected chi connectivity index (χ4v) is 1.77. The minimum atomic E-state index is 0.305. The van der Waals surface area contributed by atoms with Crippen molar-refractivity contribution in [2.45, 2.75) is 24.2 Å². The van der Waals surface area contributed by atoms with Crippen LogP contribution in [0.4, 0.5) is 0 Å². The summed E-state index contributed by atoms with van der Waals surface area (Å²) >= 11 is 1.74. The molecule has 1 aromatic carbocycles. The first-order chi connectivity index (χ1) is 6.93. The van der Waals surface area contributed by atoms with E-state index in [9.17, 15) is 0 Å². The first-order valence-corrected chi connectivity index (χ1v) is 5.79. The second-order valence-electron chi connectivity index (χ2n) is 3.02. The topological polar surface area (TPSA) is 20.2 Å². The molecule has 0 heterocycles. The van der Waals surface area contributed by atoms with E-state index in [4.69, 9.17) is 5.11 Å². The zero-order valence-electron chi connectivity index (χ0n) is 8.23. The highest BCUT2D eigenvalue weighted by Crippen LogP contribution is 2.18. The number of aliphatic hydroxyl groups excluding tert-OH is 1. The van der Waals surface area contributed by atoms with Crippen LogP contribution in [0.1, 0.15) is 19.3 Å². The summed E-state index contributed by atoms with van der Waals surface area (Å²) < 4.78 is 0. The molecule has 0 unspecified atom stereocenters. The summed E-state index contributed by atoms with van der Waals surface area (Å²) in [6.07, 6.45) is 5.19. The minimum absolute atomic E-state index is 0.305. The van der Waals surface area contributed by atoms with Crippen molar-refractivity contribution in [1.29, 1.82) is 0 Å². The zero-order valence-corrected chi connectivity index (χ0v) is 9.04. The van der Waals surface area contributed by atoms with Crippen molar-refractivity contribution in [2.24, 2.45) is 0 Å². The van der Waals surface area contributed by atoms with Gasteiger partial charge in [0.1, 0.15) is 0 Å². The van der Waals surface area contributed by atoms with E-state index in [0.29, 0.717) is 6.61 Å². The molecule has 0 saturated heterocycles. The van der Waals surface area contributed by atoms with Gasteiger partial charge in [-0.2, -0.15) is 0 Å². The van der Waals surface area contributed by atoms with Crippen molar-refractivity contribution in [1.82, 2.24) is 0 Å². The van der Waals surface area contributed by atoms with Crippen LogP contribution in [0.15, 0.2) is 46.7 Å². The molecule has 0 saturated carbocycles. The maximum atomic E-state index is 8.57. The molecule has 0 aliphatic carbocycles. The summed E-state index contributed by atoms with van der Waals surface area (Å²) in [5.41, 5.74) is 0. The normalized spacial score (nSPS) is 10.9. The van der Waals surface area contributed by atoms with Crippen LogP contribution >= 0.6 is 11.8 Å². The first-order valence-electron chi connectivity index (χ1n) is 4.91. The SMILES string of the molecule is OCCCC/C=C\Sc1ccccc1. The monoisotopic (exact) mass is 208 g/mol. The highest BCUT2D eigenvalue weighted by Gasteiger charge is 1.86. The molecule has 1 nitrogen and oxygen atoms in total. The van der Waals surface area contributed by atoms with Crippen LogP contribution in [-0.2, 0) is 0 Å². The molecular weight excluding hydrogens is 192 g/mol. The Morgan fingerprint density at radius 1 is 1.14 bits per heavy atom. The highest BCUT2D eigenvalue weighted by molar-refractivity contribution is 8.02. The number of hydrogen-bond acceptors (Lipinski definition) is 2. The van der Waals surface area contributed by atoms with E-state index < -0.39 is 0 Å². The van der Waals surface area contributed by atoms with Gasteiger partial charge in [0.15, 0.2) is 0 Å². The van der Waals surface area contributed by atoms with Crippen LogP contribution < -0.4 is 0 Å². The maximum absolute atomic E-state index is 8.57. The Hall–Kier alpha value is -0.730. The number of unbranched alkanes of at least 4 members (excludes halogenated alkanes) is 2. The summed E-state index contributed by atoms with van der Waals surface area (Å²) in [6, 6.07) is 10.3. The van der Waals surface area contributed by atoms with Gasteiger partial charge in [0.2, 0.25) is 0 Å². The molecule has 0 amide bonds. The third-order valence-electron chi connectivity index (χ3n) is 1.82. The number of hydrogen-bond donors (Lipinski definition) is 1. The molecule has 2 heteroatoms. The predicted molar refractivity (Wildman–Crippen MR) is 62.4 cm³/mol. The molecule has 0 spiro atoms. The Kier molecular flexibility index (Phi) is 6.20. The van der Waals surface area contributed by atoms with E-state index in [1.54, 1.807) is 11.8 Å². The van der Waals surface area contributed by atoms with Crippen molar-refractivity contribution in [2.75, 3.05) is 6.61 Å². The van der Waals surface area contributed by atoms with Gasteiger partial charge in [0.25, 0.3) is 0 Å². The quantitative estimate of drug-likeness (QED) is 0.570. The summed E-state index contributed by atoms with van der Waals surface area (Å²) in [6.45, 7) is 0.305. The smallest absolute Gasteiger partial charge is 0.0431 e. The van der Waals surface area contributed by atoms with Crippen LogP contribution in [0.3, 0.4) is 0 Å². The van der Waals surface area contributed by atoms with Crippen LogP contribution in [0, 0.1) is 0 Å². The third-order valence-corrected chi connectivity index (χ3v) is 2.70. The lowest BCUT2D eigenvalue weighted by Gasteiger charge is -1.94. The maximum Gasteiger partial charge on any atom is 0.0431 e. The van der Waals surface area contributed by atoms with E-state index in [2.05, 4.69) is 23.6 Å². The minimum Gasteiger partial charge on any atom is -0.396 e. The lowest BCUT2D eigenvalue weighted by atomic mass is 10.2. The largest absolute Gasteiger partial charge is 0.396 e. The second-order valence-corrected chi connectivity index (χ2v) is 4.00. The summed E-state index contributed by atoms with van der Waals surface area (Å²) in [7, 11) is 0. The molecule has 1 rings (SSSR count). The van der Waals surface area contributed by atoms with E-state index in [1.165, 1.54) is 4.90 Å². The molecule has 0 atom stereocenters. The lowest BCUT2D eigenvalue weighted by molar-refractivity contribution is 0.285. The molecule has 0 radical (unpaired) electrons. The number of benzene rings is 1. The van der Waals surface area contributed by atoms with E-state index in [-0.39, 0.29) is 0 Å². The zero-order chi connectivity index (χ0) is 10.1.